The second-order valence-electron chi connectivity index (χ2n) is 6.91. The van der Waals surface area contributed by atoms with E-state index in [2.05, 4.69) is 50.5 Å². The van der Waals surface area contributed by atoms with Crippen LogP contribution in [0.1, 0.15) is 28.5 Å². The van der Waals surface area contributed by atoms with Crippen molar-refractivity contribution in [3.05, 3.63) is 59.3 Å². The first kappa shape index (κ1) is 18.5. The van der Waals surface area contributed by atoms with E-state index in [1.165, 1.54) is 0 Å². The maximum absolute atomic E-state index is 9.74. The lowest BCUT2D eigenvalue weighted by molar-refractivity contribution is 0.398. The van der Waals surface area contributed by atoms with Crippen molar-refractivity contribution in [2.75, 3.05) is 7.11 Å². The SMILES string of the molecule is COc1cc2nc(/C(C#N)=C/c3cc(C)n(Cc4cncn4C)c3C)[nH]c2cn1. The highest BCUT2D eigenvalue weighted by Crippen LogP contribution is 2.24. The first-order valence-electron chi connectivity index (χ1n) is 9.14. The molecule has 4 rings (SSSR count). The summed E-state index contributed by atoms with van der Waals surface area (Å²) in [5, 5.41) is 9.74. The minimum atomic E-state index is 0.459. The fourth-order valence-corrected chi connectivity index (χ4v) is 3.36. The van der Waals surface area contributed by atoms with Crippen molar-refractivity contribution >= 4 is 22.7 Å². The van der Waals surface area contributed by atoms with E-state index in [0.29, 0.717) is 22.8 Å². The number of pyridine rings is 1. The number of aromatic nitrogens is 6. The summed E-state index contributed by atoms with van der Waals surface area (Å²) in [6.45, 7) is 4.84. The average molecular weight is 387 g/mol. The number of nitrogens with zero attached hydrogens (tertiary/aromatic N) is 6. The van der Waals surface area contributed by atoms with Crippen LogP contribution in [-0.2, 0) is 13.6 Å². The normalized spacial score (nSPS) is 11.8. The van der Waals surface area contributed by atoms with Crippen LogP contribution in [0.15, 0.2) is 30.9 Å². The van der Waals surface area contributed by atoms with E-state index < -0.39 is 0 Å². The molecule has 0 atom stereocenters. The van der Waals surface area contributed by atoms with Crippen LogP contribution in [0.2, 0.25) is 0 Å². The van der Waals surface area contributed by atoms with Crippen LogP contribution < -0.4 is 4.74 Å². The van der Waals surface area contributed by atoms with Gasteiger partial charge >= 0.3 is 0 Å². The second-order valence-corrected chi connectivity index (χ2v) is 6.91. The summed E-state index contributed by atoms with van der Waals surface area (Å²) in [6.07, 6.45) is 7.18. The number of aromatic amines is 1. The molecule has 8 nitrogen and oxygen atoms in total. The predicted molar refractivity (Wildman–Crippen MR) is 110 cm³/mol. The van der Waals surface area contributed by atoms with Crippen LogP contribution in [0.5, 0.6) is 5.88 Å². The Morgan fingerprint density at radius 2 is 2.14 bits per heavy atom. The molecule has 8 heteroatoms. The zero-order valence-corrected chi connectivity index (χ0v) is 16.8. The summed E-state index contributed by atoms with van der Waals surface area (Å²) in [5.74, 6) is 0.991. The van der Waals surface area contributed by atoms with Gasteiger partial charge in [-0.05, 0) is 31.6 Å². The standard InChI is InChI=1S/C21H21N7O/c1-13-5-15(14(2)28(13)11-17-9-23-12-27(17)3)6-16(8-22)21-25-18-7-20(29-4)24-10-19(18)26-21/h5-7,9-10,12H,11H2,1-4H3,(H,25,26)/b16-6+. The predicted octanol–water partition coefficient (Wildman–Crippen LogP) is 3.23. The molecule has 0 unspecified atom stereocenters. The number of hydrogen-bond donors (Lipinski definition) is 1. The number of rotatable bonds is 5. The summed E-state index contributed by atoms with van der Waals surface area (Å²) < 4.78 is 9.36. The highest BCUT2D eigenvalue weighted by atomic mass is 16.5. The van der Waals surface area contributed by atoms with Gasteiger partial charge in [-0.15, -0.1) is 0 Å². The van der Waals surface area contributed by atoms with E-state index in [-0.39, 0.29) is 0 Å². The summed E-state index contributed by atoms with van der Waals surface area (Å²) in [5.41, 5.74) is 6.21. The van der Waals surface area contributed by atoms with Gasteiger partial charge in [0.15, 0.2) is 0 Å². The van der Waals surface area contributed by atoms with Crippen molar-refractivity contribution < 1.29 is 4.74 Å². The highest BCUT2D eigenvalue weighted by molar-refractivity contribution is 5.90. The molecular weight excluding hydrogens is 366 g/mol. The first-order valence-corrected chi connectivity index (χ1v) is 9.14. The van der Waals surface area contributed by atoms with Gasteiger partial charge in [0.05, 0.1) is 48.5 Å². The van der Waals surface area contributed by atoms with Gasteiger partial charge in [0, 0.05) is 30.7 Å². The lowest BCUT2D eigenvalue weighted by atomic mass is 10.1. The molecule has 0 saturated carbocycles. The molecule has 0 bridgehead atoms. The second kappa shape index (κ2) is 7.28. The zero-order valence-electron chi connectivity index (χ0n) is 16.8. The molecule has 0 aliphatic rings. The number of nitriles is 1. The smallest absolute Gasteiger partial charge is 0.215 e. The van der Waals surface area contributed by atoms with Crippen LogP contribution >= 0.6 is 0 Å². The molecule has 0 aliphatic heterocycles. The number of H-pyrrole nitrogens is 1. The minimum absolute atomic E-state index is 0.459. The van der Waals surface area contributed by atoms with Crippen molar-refractivity contribution in [2.24, 2.45) is 7.05 Å². The molecule has 146 valence electrons. The number of allylic oxidation sites excluding steroid dienone is 1. The molecule has 0 aliphatic carbocycles. The molecule has 0 aromatic carbocycles. The molecule has 0 spiro atoms. The summed E-state index contributed by atoms with van der Waals surface area (Å²) >= 11 is 0. The number of methoxy groups -OCH3 is 1. The van der Waals surface area contributed by atoms with Crippen LogP contribution in [0.4, 0.5) is 0 Å². The van der Waals surface area contributed by atoms with Crippen molar-refractivity contribution in [1.29, 1.82) is 5.26 Å². The Balaban J connectivity index is 1.71. The van der Waals surface area contributed by atoms with Crippen LogP contribution in [-0.4, -0.2) is 36.2 Å². The van der Waals surface area contributed by atoms with Crippen molar-refractivity contribution in [1.82, 2.24) is 29.1 Å². The molecule has 0 saturated heterocycles. The average Bonchev–Trinajstić information content (AvgIpc) is 3.39. The zero-order chi connectivity index (χ0) is 20.5. The topological polar surface area (TPSA) is 97.3 Å². The van der Waals surface area contributed by atoms with Gasteiger partial charge < -0.3 is 18.9 Å². The Bertz CT molecular complexity index is 1270. The minimum Gasteiger partial charge on any atom is -0.481 e. The monoisotopic (exact) mass is 387 g/mol. The van der Waals surface area contributed by atoms with E-state index in [1.54, 1.807) is 25.7 Å². The number of imidazole rings is 2. The molecule has 0 amide bonds. The van der Waals surface area contributed by atoms with E-state index >= 15 is 0 Å². The third-order valence-electron chi connectivity index (χ3n) is 5.08. The third kappa shape index (κ3) is 3.38. The Hall–Kier alpha value is -3.86. The maximum Gasteiger partial charge on any atom is 0.215 e. The number of ether oxygens (including phenoxy) is 1. The lowest BCUT2D eigenvalue weighted by Gasteiger charge is -2.10. The maximum atomic E-state index is 9.74. The number of aryl methyl sites for hydroxylation is 2. The molecule has 4 heterocycles. The first-order chi connectivity index (χ1) is 14.0. The molecular formula is C21H21N7O. The molecule has 4 aromatic heterocycles. The van der Waals surface area contributed by atoms with Gasteiger partial charge in [0.1, 0.15) is 11.9 Å². The quantitative estimate of drug-likeness (QED) is 0.530. The Labute approximate surface area is 168 Å². The fraction of sp³-hybridized carbons (Fsp3) is 0.238. The third-order valence-corrected chi connectivity index (χ3v) is 5.08. The number of fused-ring (bicyclic) bond motifs is 1. The Morgan fingerprint density at radius 1 is 1.31 bits per heavy atom. The van der Waals surface area contributed by atoms with Crippen molar-refractivity contribution in [3.63, 3.8) is 0 Å². The largest absolute Gasteiger partial charge is 0.481 e. The van der Waals surface area contributed by atoms with Gasteiger partial charge in [-0.3, -0.25) is 0 Å². The van der Waals surface area contributed by atoms with Gasteiger partial charge in [0.2, 0.25) is 5.88 Å². The molecule has 29 heavy (non-hydrogen) atoms. The Morgan fingerprint density at radius 3 is 2.83 bits per heavy atom. The summed E-state index contributed by atoms with van der Waals surface area (Å²) in [6, 6.07) is 6.08. The molecule has 1 N–H and O–H groups in total. The summed E-state index contributed by atoms with van der Waals surface area (Å²) in [4.78, 5) is 16.1. The van der Waals surface area contributed by atoms with E-state index in [1.807, 2.05) is 23.9 Å². The molecule has 0 fully saturated rings. The van der Waals surface area contributed by atoms with Crippen LogP contribution in [0.3, 0.4) is 0 Å². The molecule has 0 radical (unpaired) electrons. The number of nitrogens with one attached hydrogen (secondary N) is 1. The number of hydrogen-bond acceptors (Lipinski definition) is 5. The van der Waals surface area contributed by atoms with E-state index in [0.717, 1.165) is 34.7 Å². The molecule has 4 aromatic rings. The van der Waals surface area contributed by atoms with Gasteiger partial charge in [-0.2, -0.15) is 5.26 Å². The van der Waals surface area contributed by atoms with Gasteiger partial charge in [0.25, 0.3) is 0 Å². The van der Waals surface area contributed by atoms with Crippen LogP contribution in [0, 0.1) is 25.2 Å². The summed E-state index contributed by atoms with van der Waals surface area (Å²) in [7, 11) is 3.54. The van der Waals surface area contributed by atoms with Gasteiger partial charge in [-0.1, -0.05) is 0 Å². The van der Waals surface area contributed by atoms with E-state index in [9.17, 15) is 5.26 Å². The van der Waals surface area contributed by atoms with Crippen molar-refractivity contribution in [2.45, 2.75) is 20.4 Å². The van der Waals surface area contributed by atoms with Crippen LogP contribution in [0.25, 0.3) is 22.7 Å². The lowest BCUT2D eigenvalue weighted by Crippen LogP contribution is -2.07. The Kier molecular flexibility index (Phi) is 4.64. The highest BCUT2D eigenvalue weighted by Gasteiger charge is 2.13. The van der Waals surface area contributed by atoms with E-state index in [4.69, 9.17) is 4.74 Å². The van der Waals surface area contributed by atoms with Crippen molar-refractivity contribution in [3.8, 4) is 11.9 Å². The van der Waals surface area contributed by atoms with Gasteiger partial charge in [-0.25, -0.2) is 15.0 Å². The fourth-order valence-electron chi connectivity index (χ4n) is 3.36.